The summed E-state index contributed by atoms with van der Waals surface area (Å²) >= 11 is 0. The summed E-state index contributed by atoms with van der Waals surface area (Å²) in [4.78, 5) is 10.8. The summed E-state index contributed by atoms with van der Waals surface area (Å²) in [6, 6.07) is 6.51. The molecular weight excluding hydrogens is 316 g/mol. The minimum absolute atomic E-state index is 0.279. The van der Waals surface area contributed by atoms with Gasteiger partial charge in [0.2, 0.25) is 0 Å². The zero-order chi connectivity index (χ0) is 18.2. The van der Waals surface area contributed by atoms with Crippen molar-refractivity contribution in [2.24, 2.45) is 0 Å². The van der Waals surface area contributed by atoms with Gasteiger partial charge in [0.25, 0.3) is 0 Å². The molecule has 0 unspecified atom stereocenters. The van der Waals surface area contributed by atoms with Gasteiger partial charge in [-0.3, -0.25) is 0 Å². The first kappa shape index (κ1) is 21.5. The van der Waals surface area contributed by atoms with Crippen LogP contribution in [0.15, 0.2) is 24.3 Å². The maximum absolute atomic E-state index is 10.8. The van der Waals surface area contributed by atoms with Gasteiger partial charge in [0.15, 0.2) is 0 Å². The van der Waals surface area contributed by atoms with E-state index in [2.05, 4.69) is 6.92 Å². The zero-order valence-corrected chi connectivity index (χ0v) is 15.7. The first-order valence-electron chi connectivity index (χ1n) is 9.78. The number of hydrogen-bond acceptors (Lipinski definition) is 3. The molecule has 0 aliphatic heterocycles. The third-order valence-electron chi connectivity index (χ3n) is 4.20. The first-order valence-corrected chi connectivity index (χ1v) is 9.78. The predicted octanol–water partition coefficient (Wildman–Crippen LogP) is 5.70. The molecule has 4 heteroatoms. The maximum atomic E-state index is 10.8. The summed E-state index contributed by atoms with van der Waals surface area (Å²) in [6.45, 7) is 4.54. The number of ether oxygens (including phenoxy) is 2. The van der Waals surface area contributed by atoms with Gasteiger partial charge in [-0.25, -0.2) is 4.79 Å². The number of carbonyl (C=O) groups is 1. The Labute approximate surface area is 152 Å². The highest BCUT2D eigenvalue weighted by atomic mass is 16.5. The molecule has 0 atom stereocenters. The van der Waals surface area contributed by atoms with Gasteiger partial charge in [-0.15, -0.1) is 0 Å². The minimum atomic E-state index is -0.916. The fourth-order valence-electron chi connectivity index (χ4n) is 2.63. The summed E-state index contributed by atoms with van der Waals surface area (Å²) < 4.78 is 11.2. The van der Waals surface area contributed by atoms with Crippen molar-refractivity contribution in [3.8, 4) is 5.75 Å². The molecule has 1 rings (SSSR count). The van der Waals surface area contributed by atoms with E-state index < -0.39 is 5.97 Å². The fraction of sp³-hybridized carbons (Fsp3) is 0.667. The molecule has 0 bridgehead atoms. The molecule has 0 saturated heterocycles. The second kappa shape index (κ2) is 14.8. The van der Waals surface area contributed by atoms with E-state index in [0.29, 0.717) is 12.4 Å². The Balaban J connectivity index is 1.85. The van der Waals surface area contributed by atoms with Gasteiger partial charge in [-0.2, -0.15) is 0 Å². The van der Waals surface area contributed by atoms with Crippen molar-refractivity contribution >= 4 is 5.97 Å². The summed E-state index contributed by atoms with van der Waals surface area (Å²) in [5.41, 5.74) is 0.279. The standard InChI is InChI=1S/C21H34O4/c1-2-3-4-5-6-7-8-9-16-24-17-10-11-18-25-20-14-12-19(13-15-20)21(22)23/h12-15H,2-11,16-18H2,1H3,(H,22,23). The van der Waals surface area contributed by atoms with Crippen LogP contribution in [0.5, 0.6) is 5.75 Å². The molecule has 0 heterocycles. The van der Waals surface area contributed by atoms with E-state index in [0.717, 1.165) is 26.1 Å². The van der Waals surface area contributed by atoms with Crippen LogP contribution in [0.4, 0.5) is 0 Å². The molecule has 1 N–H and O–H groups in total. The Morgan fingerprint density at radius 2 is 1.32 bits per heavy atom. The van der Waals surface area contributed by atoms with Crippen LogP contribution in [0.1, 0.15) is 81.5 Å². The Morgan fingerprint density at radius 3 is 1.92 bits per heavy atom. The Kier molecular flexibility index (Phi) is 12.7. The molecule has 0 aliphatic rings. The molecular formula is C21H34O4. The SMILES string of the molecule is CCCCCCCCCCOCCCCOc1ccc(C(=O)O)cc1. The number of unbranched alkanes of at least 4 members (excludes halogenated alkanes) is 8. The number of carboxylic acid groups (broad SMARTS) is 1. The van der Waals surface area contributed by atoms with E-state index in [1.165, 1.54) is 51.4 Å². The second-order valence-electron chi connectivity index (χ2n) is 6.47. The average molecular weight is 350 g/mol. The van der Waals surface area contributed by atoms with Crippen molar-refractivity contribution in [2.45, 2.75) is 71.1 Å². The molecule has 1 aromatic carbocycles. The molecule has 4 nitrogen and oxygen atoms in total. The minimum Gasteiger partial charge on any atom is -0.494 e. The van der Waals surface area contributed by atoms with Gasteiger partial charge < -0.3 is 14.6 Å². The molecule has 0 aliphatic carbocycles. The van der Waals surface area contributed by atoms with Crippen molar-refractivity contribution in [3.63, 3.8) is 0 Å². The highest BCUT2D eigenvalue weighted by Gasteiger charge is 2.01. The van der Waals surface area contributed by atoms with Crippen LogP contribution in [0.25, 0.3) is 0 Å². The molecule has 142 valence electrons. The lowest BCUT2D eigenvalue weighted by atomic mass is 10.1. The van der Waals surface area contributed by atoms with Crippen LogP contribution in [0, 0.1) is 0 Å². The largest absolute Gasteiger partial charge is 0.494 e. The predicted molar refractivity (Wildman–Crippen MR) is 102 cm³/mol. The van der Waals surface area contributed by atoms with E-state index >= 15 is 0 Å². The van der Waals surface area contributed by atoms with Crippen LogP contribution >= 0.6 is 0 Å². The van der Waals surface area contributed by atoms with Crippen molar-refractivity contribution in [2.75, 3.05) is 19.8 Å². The molecule has 0 saturated carbocycles. The summed E-state index contributed by atoms with van der Waals surface area (Å²) in [7, 11) is 0. The van der Waals surface area contributed by atoms with Crippen LogP contribution in [-0.4, -0.2) is 30.9 Å². The average Bonchev–Trinajstić information content (AvgIpc) is 2.62. The third-order valence-corrected chi connectivity index (χ3v) is 4.20. The molecule has 0 spiro atoms. The van der Waals surface area contributed by atoms with Crippen LogP contribution in [-0.2, 0) is 4.74 Å². The van der Waals surface area contributed by atoms with Crippen LogP contribution in [0.3, 0.4) is 0 Å². The van der Waals surface area contributed by atoms with Crippen molar-refractivity contribution in [1.82, 2.24) is 0 Å². The Bertz CT molecular complexity index is 442. The summed E-state index contributed by atoms with van der Waals surface area (Å²) in [5, 5.41) is 8.83. The first-order chi connectivity index (χ1) is 12.2. The van der Waals surface area contributed by atoms with Gasteiger partial charge in [0.1, 0.15) is 5.75 Å². The lowest BCUT2D eigenvalue weighted by molar-refractivity contribution is 0.0697. The maximum Gasteiger partial charge on any atom is 0.335 e. The normalized spacial score (nSPS) is 10.8. The van der Waals surface area contributed by atoms with Crippen molar-refractivity contribution < 1.29 is 19.4 Å². The highest BCUT2D eigenvalue weighted by molar-refractivity contribution is 5.87. The van der Waals surface area contributed by atoms with Crippen molar-refractivity contribution in [3.05, 3.63) is 29.8 Å². The van der Waals surface area contributed by atoms with Gasteiger partial charge in [-0.05, 0) is 43.5 Å². The van der Waals surface area contributed by atoms with Gasteiger partial charge in [-0.1, -0.05) is 51.9 Å². The van der Waals surface area contributed by atoms with Crippen molar-refractivity contribution in [1.29, 1.82) is 0 Å². The van der Waals surface area contributed by atoms with Crippen LogP contribution < -0.4 is 4.74 Å². The van der Waals surface area contributed by atoms with E-state index in [1.807, 2.05) is 0 Å². The molecule has 0 amide bonds. The second-order valence-corrected chi connectivity index (χ2v) is 6.47. The highest BCUT2D eigenvalue weighted by Crippen LogP contribution is 2.13. The summed E-state index contributed by atoms with van der Waals surface area (Å²) in [6.07, 6.45) is 12.5. The monoisotopic (exact) mass is 350 g/mol. The van der Waals surface area contributed by atoms with E-state index in [9.17, 15) is 4.79 Å². The summed E-state index contributed by atoms with van der Waals surface area (Å²) in [5.74, 6) is -0.204. The molecule has 1 aromatic rings. The Morgan fingerprint density at radius 1 is 0.800 bits per heavy atom. The van der Waals surface area contributed by atoms with E-state index in [4.69, 9.17) is 14.6 Å². The lowest BCUT2D eigenvalue weighted by Crippen LogP contribution is -2.02. The molecule has 0 radical (unpaired) electrons. The van der Waals surface area contributed by atoms with E-state index in [-0.39, 0.29) is 5.56 Å². The third kappa shape index (κ3) is 11.6. The Hall–Kier alpha value is -1.55. The molecule has 25 heavy (non-hydrogen) atoms. The quantitative estimate of drug-likeness (QED) is 0.388. The van der Waals surface area contributed by atoms with Gasteiger partial charge in [0, 0.05) is 13.2 Å². The van der Waals surface area contributed by atoms with E-state index in [1.54, 1.807) is 24.3 Å². The van der Waals surface area contributed by atoms with Gasteiger partial charge in [0.05, 0.1) is 12.2 Å². The molecule has 0 fully saturated rings. The smallest absolute Gasteiger partial charge is 0.335 e. The number of benzene rings is 1. The number of aromatic carboxylic acids is 1. The van der Waals surface area contributed by atoms with Crippen LogP contribution in [0.2, 0.25) is 0 Å². The topological polar surface area (TPSA) is 55.8 Å². The fourth-order valence-corrected chi connectivity index (χ4v) is 2.63. The number of rotatable bonds is 16. The number of carboxylic acids is 1. The lowest BCUT2D eigenvalue weighted by Gasteiger charge is -2.07. The number of hydrogen-bond donors (Lipinski definition) is 1. The van der Waals surface area contributed by atoms with Gasteiger partial charge >= 0.3 is 5.97 Å². The zero-order valence-electron chi connectivity index (χ0n) is 15.7. The molecule has 0 aromatic heterocycles.